The van der Waals surface area contributed by atoms with Crippen LogP contribution in [0, 0.1) is 0 Å². The van der Waals surface area contributed by atoms with Crippen LogP contribution in [-0.2, 0) is 28.8 Å². The lowest BCUT2D eigenvalue weighted by Crippen LogP contribution is -2.57. The summed E-state index contributed by atoms with van der Waals surface area (Å²) in [6, 6.07) is -4.98. The van der Waals surface area contributed by atoms with Crippen molar-refractivity contribution in [3.63, 3.8) is 0 Å². The molecule has 4 amide bonds. The standard InChI is InChI=1S/C20H34N8O8/c21-10(3-1-7-25-20(23)24)16(32)27-12(9-14(22)29)18(34)28-8-2-4-13(28)17(33)26-11(19(35)36)5-6-15(30)31/h10-13H,1-9,21H2,(H2,22,29)(H,26,33)(H,27,32)(H,30,31)(H,35,36)(H4,23,24,25). The average Bonchev–Trinajstić information content (AvgIpc) is 3.27. The first-order chi connectivity index (χ1) is 16.8. The predicted molar refractivity (Wildman–Crippen MR) is 125 cm³/mol. The van der Waals surface area contributed by atoms with Crippen LogP contribution in [0.1, 0.15) is 44.9 Å². The van der Waals surface area contributed by atoms with Crippen LogP contribution >= 0.6 is 0 Å². The lowest BCUT2D eigenvalue weighted by Gasteiger charge is -2.29. The third-order valence-corrected chi connectivity index (χ3v) is 5.42. The maximum absolute atomic E-state index is 13.2. The molecule has 16 nitrogen and oxygen atoms in total. The molecule has 1 saturated heterocycles. The molecule has 0 aromatic carbocycles. The van der Waals surface area contributed by atoms with Crippen molar-refractivity contribution in [3.8, 4) is 0 Å². The number of hydrogen-bond donors (Lipinski definition) is 8. The highest BCUT2D eigenvalue weighted by Crippen LogP contribution is 2.20. The number of primary amides is 1. The minimum absolute atomic E-state index is 0.110. The van der Waals surface area contributed by atoms with E-state index in [1.54, 1.807) is 0 Å². The Morgan fingerprint density at radius 1 is 1.00 bits per heavy atom. The largest absolute Gasteiger partial charge is 0.481 e. The van der Waals surface area contributed by atoms with Gasteiger partial charge in [0.25, 0.3) is 0 Å². The summed E-state index contributed by atoms with van der Waals surface area (Å²) >= 11 is 0. The van der Waals surface area contributed by atoms with Gasteiger partial charge < -0.3 is 48.7 Å². The fourth-order valence-electron chi connectivity index (χ4n) is 3.63. The molecule has 0 aromatic rings. The Labute approximate surface area is 206 Å². The Morgan fingerprint density at radius 3 is 2.22 bits per heavy atom. The second-order valence-electron chi connectivity index (χ2n) is 8.31. The molecule has 4 atom stereocenters. The Morgan fingerprint density at radius 2 is 1.67 bits per heavy atom. The summed E-state index contributed by atoms with van der Waals surface area (Å²) in [4.78, 5) is 77.0. The third kappa shape index (κ3) is 10.1. The lowest BCUT2D eigenvalue weighted by molar-refractivity contribution is -0.146. The molecule has 1 aliphatic heterocycles. The highest BCUT2D eigenvalue weighted by Gasteiger charge is 2.39. The number of likely N-dealkylation sites (tertiary alicyclic amines) is 1. The first-order valence-corrected chi connectivity index (χ1v) is 11.3. The van der Waals surface area contributed by atoms with Crippen molar-refractivity contribution in [1.29, 1.82) is 0 Å². The van der Waals surface area contributed by atoms with Gasteiger partial charge in [-0.3, -0.25) is 29.0 Å². The van der Waals surface area contributed by atoms with Crippen LogP contribution in [0.25, 0.3) is 0 Å². The summed E-state index contributed by atoms with van der Waals surface area (Å²) < 4.78 is 0. The zero-order valence-electron chi connectivity index (χ0n) is 19.7. The van der Waals surface area contributed by atoms with Gasteiger partial charge >= 0.3 is 11.9 Å². The topological polar surface area (TPSA) is 287 Å². The Kier molecular flexibility index (Phi) is 12.1. The molecule has 36 heavy (non-hydrogen) atoms. The Hall–Kier alpha value is -3.95. The van der Waals surface area contributed by atoms with Crippen LogP contribution in [0.3, 0.4) is 0 Å². The maximum Gasteiger partial charge on any atom is 0.326 e. The summed E-state index contributed by atoms with van der Waals surface area (Å²) in [6.07, 6.45) is -0.221. The van der Waals surface area contributed by atoms with E-state index in [0.717, 1.165) is 4.90 Å². The minimum Gasteiger partial charge on any atom is -0.481 e. The van der Waals surface area contributed by atoms with Gasteiger partial charge in [0.15, 0.2) is 5.96 Å². The molecule has 1 heterocycles. The lowest BCUT2D eigenvalue weighted by atomic mass is 10.1. The third-order valence-electron chi connectivity index (χ3n) is 5.42. The molecule has 0 bridgehead atoms. The first kappa shape index (κ1) is 30.1. The van der Waals surface area contributed by atoms with Gasteiger partial charge in [-0.15, -0.1) is 0 Å². The molecular weight excluding hydrogens is 480 g/mol. The van der Waals surface area contributed by atoms with Crippen molar-refractivity contribution >= 4 is 41.5 Å². The molecular formula is C20H34N8O8. The number of amides is 4. The second-order valence-corrected chi connectivity index (χ2v) is 8.31. The van der Waals surface area contributed by atoms with E-state index in [1.165, 1.54) is 0 Å². The second kappa shape index (κ2) is 14.4. The zero-order valence-corrected chi connectivity index (χ0v) is 19.7. The summed E-state index contributed by atoms with van der Waals surface area (Å²) in [5.74, 6) is -5.92. The molecule has 0 aliphatic carbocycles. The van der Waals surface area contributed by atoms with Gasteiger partial charge in [-0.25, -0.2) is 4.79 Å². The van der Waals surface area contributed by atoms with Crippen molar-refractivity contribution < 1.29 is 39.0 Å². The molecule has 16 heteroatoms. The van der Waals surface area contributed by atoms with Crippen molar-refractivity contribution in [1.82, 2.24) is 15.5 Å². The zero-order chi connectivity index (χ0) is 27.4. The van der Waals surface area contributed by atoms with Crippen molar-refractivity contribution in [2.45, 2.75) is 69.1 Å². The molecule has 1 rings (SSSR count). The number of nitrogens with zero attached hydrogens (tertiary/aromatic N) is 2. The van der Waals surface area contributed by atoms with Crippen LogP contribution in [0.15, 0.2) is 4.99 Å². The van der Waals surface area contributed by atoms with Gasteiger partial charge in [0.2, 0.25) is 23.6 Å². The molecule has 0 radical (unpaired) electrons. The van der Waals surface area contributed by atoms with Crippen molar-refractivity contribution in [3.05, 3.63) is 0 Å². The number of aliphatic imine (C=N–C) groups is 1. The molecule has 0 spiro atoms. The van der Waals surface area contributed by atoms with Gasteiger partial charge in [-0.05, 0) is 32.1 Å². The molecule has 202 valence electrons. The molecule has 12 N–H and O–H groups in total. The number of carboxylic acids is 2. The van der Waals surface area contributed by atoms with E-state index in [1.807, 2.05) is 0 Å². The van der Waals surface area contributed by atoms with Crippen molar-refractivity contribution in [2.75, 3.05) is 13.1 Å². The molecule has 4 unspecified atom stereocenters. The maximum atomic E-state index is 13.2. The minimum atomic E-state index is -1.47. The van der Waals surface area contributed by atoms with Gasteiger partial charge in [0.05, 0.1) is 12.5 Å². The quantitative estimate of drug-likeness (QED) is 0.0594. The van der Waals surface area contributed by atoms with E-state index in [4.69, 9.17) is 28.0 Å². The van der Waals surface area contributed by atoms with Crippen LogP contribution in [0.5, 0.6) is 0 Å². The molecule has 1 aliphatic rings. The van der Waals surface area contributed by atoms with E-state index in [0.29, 0.717) is 12.8 Å². The van der Waals surface area contributed by atoms with Gasteiger partial charge in [0, 0.05) is 19.5 Å². The van der Waals surface area contributed by atoms with Crippen molar-refractivity contribution in [2.24, 2.45) is 27.9 Å². The Bertz CT molecular complexity index is 876. The normalized spacial score (nSPS) is 17.4. The monoisotopic (exact) mass is 514 g/mol. The highest BCUT2D eigenvalue weighted by atomic mass is 16.4. The predicted octanol–water partition coefficient (Wildman–Crippen LogP) is -3.85. The average molecular weight is 515 g/mol. The fraction of sp³-hybridized carbons (Fsp3) is 0.650. The first-order valence-electron chi connectivity index (χ1n) is 11.3. The number of hydrogen-bond acceptors (Lipinski definition) is 8. The Balaban J connectivity index is 2.88. The summed E-state index contributed by atoms with van der Waals surface area (Å²) in [5.41, 5.74) is 21.5. The SMILES string of the molecule is NC(=O)CC(NC(=O)C(N)CCCN=C(N)N)C(=O)N1CCCC1C(=O)NC(CCC(=O)O)C(=O)O. The van der Waals surface area contributed by atoms with Gasteiger partial charge in [-0.2, -0.15) is 0 Å². The van der Waals surface area contributed by atoms with Crippen LogP contribution in [0.2, 0.25) is 0 Å². The summed E-state index contributed by atoms with van der Waals surface area (Å²) in [5, 5.41) is 22.7. The number of guanidine groups is 1. The van der Waals surface area contributed by atoms with Gasteiger partial charge in [-0.1, -0.05) is 0 Å². The number of nitrogens with two attached hydrogens (primary N) is 4. The summed E-state index contributed by atoms with van der Waals surface area (Å²) in [6.45, 7) is 0.348. The van der Waals surface area contributed by atoms with E-state index >= 15 is 0 Å². The number of aliphatic carboxylic acids is 2. The molecule has 0 saturated carbocycles. The van der Waals surface area contributed by atoms with Crippen LogP contribution < -0.4 is 33.6 Å². The fourth-order valence-corrected chi connectivity index (χ4v) is 3.63. The number of carbonyl (C=O) groups is 6. The molecule has 0 aromatic heterocycles. The molecule has 1 fully saturated rings. The van der Waals surface area contributed by atoms with E-state index in [2.05, 4.69) is 15.6 Å². The summed E-state index contributed by atoms with van der Waals surface area (Å²) in [7, 11) is 0. The van der Waals surface area contributed by atoms with E-state index in [9.17, 15) is 33.9 Å². The van der Waals surface area contributed by atoms with E-state index < -0.39 is 72.6 Å². The van der Waals surface area contributed by atoms with Gasteiger partial charge in [0.1, 0.15) is 18.1 Å². The van der Waals surface area contributed by atoms with E-state index in [-0.39, 0.29) is 38.3 Å². The number of carboxylic acid groups (broad SMARTS) is 2. The number of carbonyl (C=O) groups excluding carboxylic acids is 4. The van der Waals surface area contributed by atoms with Crippen LogP contribution in [-0.4, -0.2) is 93.9 Å². The van der Waals surface area contributed by atoms with Crippen LogP contribution in [0.4, 0.5) is 0 Å². The number of nitrogens with one attached hydrogen (secondary N) is 2. The number of rotatable bonds is 15. The smallest absolute Gasteiger partial charge is 0.326 e. The highest BCUT2D eigenvalue weighted by molar-refractivity contribution is 5.96.